The van der Waals surface area contributed by atoms with Crippen molar-refractivity contribution in [2.24, 2.45) is 0 Å². The molecule has 192 valence electrons. The fraction of sp³-hybridized carbons (Fsp3) is 0.435. The summed E-state index contributed by atoms with van der Waals surface area (Å²) >= 11 is 1.73. The van der Waals surface area contributed by atoms with Gasteiger partial charge in [0.25, 0.3) is 0 Å². The molecule has 3 aromatic heterocycles. The van der Waals surface area contributed by atoms with Crippen LogP contribution in [0.1, 0.15) is 4.88 Å². The fourth-order valence-electron chi connectivity index (χ4n) is 4.75. The second-order valence-electron chi connectivity index (χ2n) is 8.97. The Bertz CT molecular complexity index is 1480. The lowest BCUT2D eigenvalue weighted by atomic mass is 10.1. The number of hydrogen-bond acceptors (Lipinski definition) is 9. The van der Waals surface area contributed by atoms with E-state index in [2.05, 4.69) is 26.1 Å². The molecule has 5 heterocycles. The smallest absolute Gasteiger partial charge is 0.211 e. The largest absolute Gasteiger partial charge is 0.378 e. The van der Waals surface area contributed by atoms with Gasteiger partial charge in [-0.3, -0.25) is 10.00 Å². The van der Waals surface area contributed by atoms with Crippen molar-refractivity contribution in [1.82, 2.24) is 29.4 Å². The molecule has 1 aromatic carbocycles. The molecule has 0 bridgehead atoms. The van der Waals surface area contributed by atoms with Gasteiger partial charge in [0, 0.05) is 61.6 Å². The molecule has 0 radical (unpaired) electrons. The molecule has 36 heavy (non-hydrogen) atoms. The third-order valence-corrected chi connectivity index (χ3v) is 9.03. The van der Waals surface area contributed by atoms with Crippen LogP contribution in [0.5, 0.6) is 0 Å². The monoisotopic (exact) mass is 593 g/mol. The average molecular weight is 595 g/mol. The number of piperazine rings is 1. The summed E-state index contributed by atoms with van der Waals surface area (Å²) in [6.45, 7) is 6.22. The maximum atomic E-state index is 11.8. The first-order valence-electron chi connectivity index (χ1n) is 11.7. The van der Waals surface area contributed by atoms with E-state index in [0.29, 0.717) is 32.1 Å². The van der Waals surface area contributed by atoms with E-state index in [1.165, 1.54) is 11.1 Å². The number of halogens is 1. The summed E-state index contributed by atoms with van der Waals surface area (Å²) in [5.74, 6) is 1.64. The molecule has 4 aromatic rings. The van der Waals surface area contributed by atoms with Crippen molar-refractivity contribution >= 4 is 65.3 Å². The van der Waals surface area contributed by atoms with Crippen LogP contribution in [-0.4, -0.2) is 96.5 Å². The van der Waals surface area contributed by atoms with Gasteiger partial charge in [0.15, 0.2) is 11.6 Å². The highest BCUT2D eigenvalue weighted by Crippen LogP contribution is 2.36. The van der Waals surface area contributed by atoms with E-state index in [-0.39, 0.29) is 17.0 Å². The minimum atomic E-state index is -3.13. The topological polar surface area (TPSA) is 108 Å². The summed E-state index contributed by atoms with van der Waals surface area (Å²) in [6.07, 6.45) is 3.10. The van der Waals surface area contributed by atoms with Crippen LogP contribution in [0.4, 0.5) is 5.82 Å². The van der Waals surface area contributed by atoms with Gasteiger partial charge in [0.2, 0.25) is 10.0 Å². The maximum Gasteiger partial charge on any atom is 0.211 e. The van der Waals surface area contributed by atoms with Gasteiger partial charge in [-0.05, 0) is 12.1 Å². The second-order valence-corrected chi connectivity index (χ2v) is 12.1. The normalized spacial score (nSPS) is 18.1. The Morgan fingerprint density at radius 2 is 1.86 bits per heavy atom. The number of morpholine rings is 1. The number of nitrogens with zero attached hydrogens (tertiary/aromatic N) is 6. The number of benzene rings is 1. The Balaban J connectivity index is 0.00000267. The predicted molar refractivity (Wildman–Crippen MR) is 148 cm³/mol. The van der Waals surface area contributed by atoms with Crippen molar-refractivity contribution in [2.45, 2.75) is 6.54 Å². The number of hydrogen-bond donors (Lipinski definition) is 1. The van der Waals surface area contributed by atoms with Crippen LogP contribution in [0.15, 0.2) is 30.5 Å². The summed E-state index contributed by atoms with van der Waals surface area (Å²) in [7, 11) is -3.13. The summed E-state index contributed by atoms with van der Waals surface area (Å²) in [5.41, 5.74) is 2.85. The number of ether oxygens (including phenoxy) is 1. The number of aromatic amines is 1. The number of thiophene rings is 1. The molecule has 10 nitrogen and oxygen atoms in total. The molecule has 0 unspecified atom stereocenters. The highest BCUT2D eigenvalue weighted by Gasteiger charge is 2.25. The van der Waals surface area contributed by atoms with E-state index in [1.807, 2.05) is 24.4 Å². The standard InChI is InChI=1S/C23H27N7O3S2.BrH/c1-35(31,32)30-7-5-28(6-8-30)15-16-13-20-21(34-16)23(29-9-11-33-12-10-29)26-22(25-20)17-3-2-4-19-18(17)14-24-27-19;/h2-4,13-14H,5-12,15H2,1H3,(H,24,27);1H. The first-order valence-corrected chi connectivity index (χ1v) is 14.4. The van der Waals surface area contributed by atoms with E-state index in [1.54, 1.807) is 15.6 Å². The third-order valence-electron chi connectivity index (χ3n) is 6.62. The molecule has 2 aliphatic heterocycles. The number of anilines is 1. The van der Waals surface area contributed by atoms with Crippen LogP contribution < -0.4 is 4.90 Å². The van der Waals surface area contributed by atoms with E-state index < -0.39 is 10.0 Å². The molecule has 0 spiro atoms. The Kier molecular flexibility index (Phi) is 7.30. The SMILES string of the molecule is Br.CS(=O)(=O)N1CCN(Cc2cc3nc(-c4cccc5[nH]ncc45)nc(N4CCOCC4)c3s2)CC1. The maximum absolute atomic E-state index is 11.8. The first kappa shape index (κ1) is 25.5. The zero-order valence-electron chi connectivity index (χ0n) is 19.9. The van der Waals surface area contributed by atoms with Crippen LogP contribution in [0.2, 0.25) is 0 Å². The minimum Gasteiger partial charge on any atom is -0.378 e. The van der Waals surface area contributed by atoms with Crippen LogP contribution >= 0.6 is 28.3 Å². The van der Waals surface area contributed by atoms with Crippen molar-refractivity contribution in [2.75, 3.05) is 63.6 Å². The molecule has 2 aliphatic rings. The van der Waals surface area contributed by atoms with Gasteiger partial charge in [0.1, 0.15) is 0 Å². The van der Waals surface area contributed by atoms with Gasteiger partial charge in [0.05, 0.1) is 41.4 Å². The number of rotatable bonds is 5. The summed E-state index contributed by atoms with van der Waals surface area (Å²) in [6, 6.07) is 8.19. The van der Waals surface area contributed by atoms with Crippen molar-refractivity contribution in [3.05, 3.63) is 35.3 Å². The van der Waals surface area contributed by atoms with Crippen molar-refractivity contribution in [3.8, 4) is 11.4 Å². The Labute approximate surface area is 224 Å². The zero-order valence-corrected chi connectivity index (χ0v) is 23.2. The van der Waals surface area contributed by atoms with Crippen molar-refractivity contribution in [1.29, 1.82) is 0 Å². The number of H-pyrrole nitrogens is 1. The molecule has 1 N–H and O–H groups in total. The van der Waals surface area contributed by atoms with Crippen LogP contribution in [0.3, 0.4) is 0 Å². The molecule has 0 amide bonds. The van der Waals surface area contributed by atoms with Crippen molar-refractivity contribution < 1.29 is 13.2 Å². The van der Waals surface area contributed by atoms with E-state index in [9.17, 15) is 8.42 Å². The Morgan fingerprint density at radius 1 is 1.08 bits per heavy atom. The quantitative estimate of drug-likeness (QED) is 0.376. The lowest BCUT2D eigenvalue weighted by molar-refractivity contribution is 0.122. The van der Waals surface area contributed by atoms with E-state index in [4.69, 9.17) is 14.7 Å². The van der Waals surface area contributed by atoms with E-state index >= 15 is 0 Å². The number of fused-ring (bicyclic) bond motifs is 2. The molecule has 6 rings (SSSR count). The molecule has 13 heteroatoms. The molecular formula is C23H28BrN7O3S2. The van der Waals surface area contributed by atoms with Gasteiger partial charge in [-0.25, -0.2) is 18.4 Å². The number of aromatic nitrogens is 4. The predicted octanol–water partition coefficient (Wildman–Crippen LogP) is 2.73. The molecular weight excluding hydrogens is 566 g/mol. The highest BCUT2D eigenvalue weighted by molar-refractivity contribution is 8.93. The van der Waals surface area contributed by atoms with E-state index in [0.717, 1.165) is 65.2 Å². The van der Waals surface area contributed by atoms with Gasteiger partial charge in [-0.2, -0.15) is 9.40 Å². The average Bonchev–Trinajstić information content (AvgIpc) is 3.50. The third kappa shape index (κ3) is 5.00. The Hall–Kier alpha value is -2.16. The number of nitrogens with one attached hydrogen (secondary N) is 1. The van der Waals surface area contributed by atoms with Crippen LogP contribution in [-0.2, 0) is 21.3 Å². The molecule has 2 fully saturated rings. The molecule has 2 saturated heterocycles. The minimum absolute atomic E-state index is 0. The van der Waals surface area contributed by atoms with Gasteiger partial charge in [-0.15, -0.1) is 28.3 Å². The Morgan fingerprint density at radius 3 is 2.61 bits per heavy atom. The molecule has 0 aliphatic carbocycles. The van der Waals surface area contributed by atoms with Crippen LogP contribution in [0.25, 0.3) is 32.5 Å². The lowest BCUT2D eigenvalue weighted by Gasteiger charge is -2.32. The number of sulfonamides is 1. The summed E-state index contributed by atoms with van der Waals surface area (Å²) < 4.78 is 31.9. The van der Waals surface area contributed by atoms with Crippen molar-refractivity contribution in [3.63, 3.8) is 0 Å². The van der Waals surface area contributed by atoms with Gasteiger partial charge >= 0.3 is 0 Å². The lowest BCUT2D eigenvalue weighted by Crippen LogP contribution is -2.47. The van der Waals surface area contributed by atoms with Crippen LogP contribution in [0, 0.1) is 0 Å². The van der Waals surface area contributed by atoms with Gasteiger partial charge in [-0.1, -0.05) is 12.1 Å². The first-order chi connectivity index (χ1) is 17.0. The second kappa shape index (κ2) is 10.3. The fourth-order valence-corrected chi connectivity index (χ4v) is 6.74. The van der Waals surface area contributed by atoms with Gasteiger partial charge < -0.3 is 9.64 Å². The highest BCUT2D eigenvalue weighted by atomic mass is 79.9. The molecule has 0 saturated carbocycles. The summed E-state index contributed by atoms with van der Waals surface area (Å²) in [5, 5.41) is 8.23. The summed E-state index contributed by atoms with van der Waals surface area (Å²) in [4.78, 5) is 15.8. The molecule has 0 atom stereocenters. The zero-order chi connectivity index (χ0) is 24.0.